The molecule has 2 heterocycles. The molecule has 7 heteroatoms. The Morgan fingerprint density at radius 3 is 2.52 bits per heavy atom. The van der Waals surface area contributed by atoms with Crippen molar-refractivity contribution >= 4 is 11.6 Å². The van der Waals surface area contributed by atoms with Crippen LogP contribution in [0.2, 0.25) is 0 Å². The van der Waals surface area contributed by atoms with Crippen LogP contribution in [0.25, 0.3) is 0 Å². The lowest BCUT2D eigenvalue weighted by atomic mass is 9.84. The van der Waals surface area contributed by atoms with Gasteiger partial charge in [0.15, 0.2) is 0 Å². The fraction of sp³-hybridized carbons (Fsp3) is 0.444. The molecule has 2 N–H and O–H groups in total. The predicted molar refractivity (Wildman–Crippen MR) is 92.5 cm³/mol. The molecule has 1 saturated heterocycles. The second kappa shape index (κ2) is 6.93. The van der Waals surface area contributed by atoms with Gasteiger partial charge in [0.05, 0.1) is 23.5 Å². The summed E-state index contributed by atoms with van der Waals surface area (Å²) in [4.78, 5) is 14.2. The number of aromatic nitrogens is 2. The Kier molecular flexibility index (Phi) is 4.87. The minimum absolute atomic E-state index is 0.0941. The summed E-state index contributed by atoms with van der Waals surface area (Å²) in [5, 5.41) is 17.9. The van der Waals surface area contributed by atoms with E-state index in [9.17, 15) is 14.3 Å². The van der Waals surface area contributed by atoms with Crippen LogP contribution in [0.15, 0.2) is 30.5 Å². The summed E-state index contributed by atoms with van der Waals surface area (Å²) in [5.74, 6) is -0.407. The van der Waals surface area contributed by atoms with Crippen molar-refractivity contribution < 1.29 is 14.3 Å². The minimum Gasteiger partial charge on any atom is -0.385 e. The van der Waals surface area contributed by atoms with E-state index in [0.29, 0.717) is 31.6 Å². The summed E-state index contributed by atoms with van der Waals surface area (Å²) in [7, 11) is 1.81. The molecule has 0 bridgehead atoms. The Morgan fingerprint density at radius 1 is 1.32 bits per heavy atom. The van der Waals surface area contributed by atoms with E-state index in [1.165, 1.54) is 12.1 Å². The maximum Gasteiger partial charge on any atom is 0.238 e. The lowest BCUT2D eigenvalue weighted by Gasteiger charge is -2.38. The molecule has 2 aromatic rings. The number of aliphatic hydroxyl groups is 1. The number of carbonyl (C=O) groups is 1. The van der Waals surface area contributed by atoms with Crippen molar-refractivity contribution in [2.24, 2.45) is 7.05 Å². The van der Waals surface area contributed by atoms with Gasteiger partial charge in [-0.3, -0.25) is 14.4 Å². The maximum atomic E-state index is 13.1. The van der Waals surface area contributed by atoms with Crippen LogP contribution in [-0.4, -0.2) is 45.3 Å². The average molecular weight is 346 g/mol. The largest absolute Gasteiger partial charge is 0.385 e. The topological polar surface area (TPSA) is 70.4 Å². The van der Waals surface area contributed by atoms with Crippen molar-refractivity contribution in [3.05, 3.63) is 47.5 Å². The van der Waals surface area contributed by atoms with Crippen molar-refractivity contribution in [2.75, 3.05) is 25.0 Å². The van der Waals surface area contributed by atoms with Crippen LogP contribution in [0.5, 0.6) is 0 Å². The first-order valence-corrected chi connectivity index (χ1v) is 8.37. The number of amides is 1. The normalized spacial score (nSPS) is 17.4. The Bertz CT molecular complexity index is 749. The molecule has 6 nitrogen and oxygen atoms in total. The highest BCUT2D eigenvalue weighted by atomic mass is 19.1. The summed E-state index contributed by atoms with van der Waals surface area (Å²) in [6.45, 7) is 3.33. The first-order valence-electron chi connectivity index (χ1n) is 8.37. The number of piperidine rings is 1. The molecular weight excluding hydrogens is 323 g/mol. The number of halogens is 1. The smallest absolute Gasteiger partial charge is 0.238 e. The molecule has 1 aliphatic heterocycles. The van der Waals surface area contributed by atoms with Gasteiger partial charge in [0.1, 0.15) is 5.82 Å². The van der Waals surface area contributed by atoms with Crippen LogP contribution in [0, 0.1) is 12.7 Å². The van der Waals surface area contributed by atoms with Gasteiger partial charge < -0.3 is 10.4 Å². The second-order valence-corrected chi connectivity index (χ2v) is 6.66. The molecule has 3 rings (SSSR count). The van der Waals surface area contributed by atoms with Crippen LogP contribution in [-0.2, 0) is 17.4 Å². The first-order chi connectivity index (χ1) is 11.9. The SMILES string of the molecule is Cc1nn(C)cc1NC(=O)CN1CCC(O)(c2ccc(F)cc2)CC1. The summed E-state index contributed by atoms with van der Waals surface area (Å²) < 4.78 is 14.7. The molecule has 1 aliphatic rings. The molecule has 1 aromatic carbocycles. The number of rotatable bonds is 4. The molecule has 0 aliphatic carbocycles. The van der Waals surface area contributed by atoms with Gasteiger partial charge >= 0.3 is 0 Å². The zero-order valence-electron chi connectivity index (χ0n) is 14.5. The summed E-state index contributed by atoms with van der Waals surface area (Å²) in [6, 6.07) is 5.98. The molecule has 0 unspecified atom stereocenters. The van der Waals surface area contributed by atoms with Crippen molar-refractivity contribution in [3.63, 3.8) is 0 Å². The standard InChI is InChI=1S/C18H23FN4O2/c1-13-16(11-22(2)21-13)20-17(24)12-23-9-7-18(25,8-10-23)14-3-5-15(19)6-4-14/h3-6,11,25H,7-10,12H2,1-2H3,(H,20,24). The third-order valence-electron chi connectivity index (χ3n) is 4.72. The quantitative estimate of drug-likeness (QED) is 0.886. The number of anilines is 1. The Morgan fingerprint density at radius 2 is 1.96 bits per heavy atom. The lowest BCUT2D eigenvalue weighted by Crippen LogP contribution is -2.45. The number of aryl methyl sites for hydroxylation is 2. The van der Waals surface area contributed by atoms with Gasteiger partial charge in [-0.15, -0.1) is 0 Å². The van der Waals surface area contributed by atoms with Gasteiger partial charge in [0.25, 0.3) is 0 Å². The van der Waals surface area contributed by atoms with Crippen molar-refractivity contribution in [1.29, 1.82) is 0 Å². The third-order valence-corrected chi connectivity index (χ3v) is 4.72. The molecule has 0 spiro atoms. The highest BCUT2D eigenvalue weighted by Gasteiger charge is 2.34. The van der Waals surface area contributed by atoms with Crippen molar-refractivity contribution in [1.82, 2.24) is 14.7 Å². The van der Waals surface area contributed by atoms with Crippen LogP contribution < -0.4 is 5.32 Å². The summed E-state index contributed by atoms with van der Waals surface area (Å²) in [6.07, 6.45) is 2.80. The van der Waals surface area contributed by atoms with E-state index in [4.69, 9.17) is 0 Å². The Balaban J connectivity index is 1.54. The van der Waals surface area contributed by atoms with Gasteiger partial charge in [-0.1, -0.05) is 12.1 Å². The number of likely N-dealkylation sites (tertiary alicyclic amines) is 1. The van der Waals surface area contributed by atoms with E-state index < -0.39 is 5.60 Å². The average Bonchev–Trinajstić information content (AvgIpc) is 2.87. The Hall–Kier alpha value is -2.25. The van der Waals surface area contributed by atoms with Gasteiger partial charge in [-0.05, 0) is 37.5 Å². The van der Waals surface area contributed by atoms with Gasteiger partial charge in [0, 0.05) is 26.3 Å². The monoisotopic (exact) mass is 346 g/mol. The van der Waals surface area contributed by atoms with Crippen molar-refractivity contribution in [2.45, 2.75) is 25.4 Å². The molecule has 0 atom stereocenters. The highest BCUT2D eigenvalue weighted by Crippen LogP contribution is 2.32. The van der Waals surface area contributed by atoms with E-state index in [1.54, 1.807) is 23.0 Å². The fourth-order valence-electron chi connectivity index (χ4n) is 3.25. The third kappa shape index (κ3) is 4.05. The van der Waals surface area contributed by atoms with Crippen molar-refractivity contribution in [3.8, 4) is 0 Å². The first kappa shape index (κ1) is 17.6. The van der Waals surface area contributed by atoms with Crippen LogP contribution in [0.1, 0.15) is 24.1 Å². The molecule has 1 amide bonds. The predicted octanol–water partition coefficient (Wildman–Crippen LogP) is 1.79. The van der Waals surface area contributed by atoms with Crippen LogP contribution >= 0.6 is 0 Å². The summed E-state index contributed by atoms with van der Waals surface area (Å²) in [5.41, 5.74) is 1.26. The van der Waals surface area contributed by atoms with E-state index >= 15 is 0 Å². The number of hydrogen-bond acceptors (Lipinski definition) is 4. The van der Waals surface area contributed by atoms with Gasteiger partial charge in [-0.25, -0.2) is 4.39 Å². The number of carbonyl (C=O) groups excluding carboxylic acids is 1. The fourth-order valence-corrected chi connectivity index (χ4v) is 3.25. The molecule has 134 valence electrons. The van der Waals surface area contributed by atoms with Crippen LogP contribution in [0.4, 0.5) is 10.1 Å². The number of nitrogens with zero attached hydrogens (tertiary/aromatic N) is 3. The molecule has 25 heavy (non-hydrogen) atoms. The lowest BCUT2D eigenvalue weighted by molar-refractivity contribution is -0.118. The van der Waals surface area contributed by atoms with Gasteiger partial charge in [-0.2, -0.15) is 5.10 Å². The summed E-state index contributed by atoms with van der Waals surface area (Å²) >= 11 is 0. The zero-order valence-corrected chi connectivity index (χ0v) is 14.5. The van der Waals surface area contributed by atoms with Gasteiger partial charge in [0.2, 0.25) is 5.91 Å². The number of hydrogen-bond donors (Lipinski definition) is 2. The molecule has 1 fully saturated rings. The van der Waals surface area contributed by atoms with E-state index in [-0.39, 0.29) is 18.3 Å². The minimum atomic E-state index is -0.958. The number of benzene rings is 1. The van der Waals surface area contributed by atoms with E-state index in [2.05, 4.69) is 10.4 Å². The molecule has 1 aromatic heterocycles. The Labute approximate surface area is 146 Å². The van der Waals surface area contributed by atoms with E-state index in [0.717, 1.165) is 11.3 Å². The molecule has 0 radical (unpaired) electrons. The van der Waals surface area contributed by atoms with E-state index in [1.807, 2.05) is 18.9 Å². The van der Waals surface area contributed by atoms with Crippen LogP contribution in [0.3, 0.4) is 0 Å². The molecular formula is C18H23FN4O2. The second-order valence-electron chi connectivity index (χ2n) is 6.66. The molecule has 0 saturated carbocycles. The zero-order chi connectivity index (χ0) is 18.0. The highest BCUT2D eigenvalue weighted by molar-refractivity contribution is 5.92. The number of nitrogens with one attached hydrogen (secondary N) is 1. The maximum absolute atomic E-state index is 13.1.